The van der Waals surface area contributed by atoms with Gasteiger partial charge in [0.2, 0.25) is 0 Å². The number of halogens is 1. The Balaban J connectivity index is 0.00000220. The summed E-state index contributed by atoms with van der Waals surface area (Å²) < 4.78 is 5.74. The molecule has 2 rings (SSSR count). The van der Waals surface area contributed by atoms with Crippen molar-refractivity contribution in [3.63, 3.8) is 0 Å². The molecule has 0 fully saturated rings. The van der Waals surface area contributed by atoms with Crippen LogP contribution in [0.4, 0.5) is 0 Å². The molecule has 0 aliphatic heterocycles. The number of benzene rings is 2. The third-order valence-corrected chi connectivity index (χ3v) is 2.99. The van der Waals surface area contributed by atoms with Gasteiger partial charge in [0.1, 0.15) is 24.3 Å². The Kier molecular flexibility index (Phi) is 5.77. The van der Waals surface area contributed by atoms with Gasteiger partial charge in [0.25, 0.3) is 0 Å². The lowest BCUT2D eigenvalue weighted by Gasteiger charge is -2.14. The van der Waals surface area contributed by atoms with Gasteiger partial charge in [-0.1, -0.05) is 36.4 Å². The summed E-state index contributed by atoms with van der Waals surface area (Å²) in [6, 6.07) is 15.2. The molecule has 0 atom stereocenters. The summed E-state index contributed by atoms with van der Waals surface area (Å²) in [5.74, 6) is 0.272. The summed E-state index contributed by atoms with van der Waals surface area (Å²) in [5.41, 5.74) is 8.22. The Morgan fingerprint density at radius 2 is 1.90 bits per heavy atom. The van der Waals surface area contributed by atoms with Crippen LogP contribution in [0.25, 0.3) is 0 Å². The van der Waals surface area contributed by atoms with Gasteiger partial charge in [-0.2, -0.15) is 5.26 Å². The molecule has 0 saturated carbocycles. The minimum absolute atomic E-state index is 0. The summed E-state index contributed by atoms with van der Waals surface area (Å²) in [6.07, 6.45) is 0. The average Bonchev–Trinajstić information content (AvgIpc) is 2.45. The van der Waals surface area contributed by atoms with E-state index >= 15 is 0 Å². The number of aryl methyl sites for hydroxylation is 1. The van der Waals surface area contributed by atoms with E-state index in [0.717, 1.165) is 11.1 Å². The molecule has 0 aliphatic rings. The van der Waals surface area contributed by atoms with Crippen LogP contribution in [0.3, 0.4) is 0 Å². The van der Waals surface area contributed by atoms with Crippen LogP contribution in [-0.2, 0) is 6.61 Å². The third kappa shape index (κ3) is 3.74. The molecule has 0 saturated heterocycles. The first-order valence-electron chi connectivity index (χ1n) is 6.18. The topological polar surface area (TPSA) is 82.9 Å². The molecule has 0 heterocycles. The predicted molar refractivity (Wildman–Crippen MR) is 84.9 cm³/mol. The number of nitriles is 1. The van der Waals surface area contributed by atoms with Gasteiger partial charge in [0, 0.05) is 0 Å². The summed E-state index contributed by atoms with van der Waals surface area (Å²) in [5, 5.41) is 16.9. The zero-order chi connectivity index (χ0) is 14.5. The standard InChI is InChI=1S/C16H15N3O.ClH/c1-11-7-8-13(16(18)19)15(14(11)9-17)20-10-12-5-3-2-4-6-12;/h2-8H,10H2,1H3,(H3,18,19);1H. The zero-order valence-electron chi connectivity index (χ0n) is 11.6. The van der Waals surface area contributed by atoms with Gasteiger partial charge in [0.15, 0.2) is 0 Å². The second kappa shape index (κ2) is 7.32. The maximum absolute atomic E-state index is 9.26. The van der Waals surface area contributed by atoms with Gasteiger partial charge < -0.3 is 10.5 Å². The number of nitrogens with zero attached hydrogens (tertiary/aromatic N) is 1. The first-order chi connectivity index (χ1) is 9.63. The lowest BCUT2D eigenvalue weighted by Crippen LogP contribution is -2.14. The number of hydrogen-bond donors (Lipinski definition) is 2. The molecule has 0 radical (unpaired) electrons. The fraction of sp³-hybridized carbons (Fsp3) is 0.125. The van der Waals surface area contributed by atoms with Gasteiger partial charge in [-0.15, -0.1) is 12.4 Å². The highest BCUT2D eigenvalue weighted by Crippen LogP contribution is 2.27. The lowest BCUT2D eigenvalue weighted by atomic mass is 10.0. The van der Waals surface area contributed by atoms with E-state index in [0.29, 0.717) is 23.5 Å². The molecule has 0 aliphatic carbocycles. The fourth-order valence-corrected chi connectivity index (χ4v) is 1.91. The average molecular weight is 302 g/mol. The minimum atomic E-state index is -0.107. The second-order valence-corrected chi connectivity index (χ2v) is 4.43. The number of rotatable bonds is 4. The molecule has 2 aromatic carbocycles. The second-order valence-electron chi connectivity index (χ2n) is 4.43. The molecule has 2 aromatic rings. The number of ether oxygens (including phenoxy) is 1. The van der Waals surface area contributed by atoms with Crippen molar-refractivity contribution >= 4 is 18.2 Å². The highest BCUT2D eigenvalue weighted by molar-refractivity contribution is 5.98. The number of nitrogens with one attached hydrogen (secondary N) is 1. The van der Waals surface area contributed by atoms with E-state index in [1.165, 1.54) is 0 Å². The van der Waals surface area contributed by atoms with Gasteiger partial charge in [0.05, 0.1) is 11.1 Å². The lowest BCUT2D eigenvalue weighted by molar-refractivity contribution is 0.304. The van der Waals surface area contributed by atoms with E-state index in [9.17, 15) is 5.26 Å². The monoisotopic (exact) mass is 301 g/mol. The van der Waals surface area contributed by atoms with Crippen LogP contribution in [0, 0.1) is 23.7 Å². The van der Waals surface area contributed by atoms with Crippen LogP contribution in [0.5, 0.6) is 5.75 Å². The van der Waals surface area contributed by atoms with E-state index in [2.05, 4.69) is 6.07 Å². The normalized spacial score (nSPS) is 9.33. The van der Waals surface area contributed by atoms with Crippen molar-refractivity contribution in [1.82, 2.24) is 0 Å². The molecular weight excluding hydrogens is 286 g/mol. The predicted octanol–water partition coefficient (Wildman–Crippen LogP) is 3.15. The molecule has 108 valence electrons. The third-order valence-electron chi connectivity index (χ3n) is 2.99. The molecule has 0 unspecified atom stereocenters. The Morgan fingerprint density at radius 3 is 2.48 bits per heavy atom. The molecule has 0 amide bonds. The summed E-state index contributed by atoms with van der Waals surface area (Å²) in [6.45, 7) is 2.16. The number of nitrogen functional groups attached to an aromatic ring is 1. The quantitative estimate of drug-likeness (QED) is 0.672. The van der Waals surface area contributed by atoms with Crippen molar-refractivity contribution < 1.29 is 4.74 Å². The van der Waals surface area contributed by atoms with Crippen molar-refractivity contribution in [2.45, 2.75) is 13.5 Å². The van der Waals surface area contributed by atoms with Gasteiger partial charge in [-0.3, -0.25) is 5.41 Å². The van der Waals surface area contributed by atoms with Gasteiger partial charge in [-0.05, 0) is 24.1 Å². The van der Waals surface area contributed by atoms with Gasteiger partial charge >= 0.3 is 0 Å². The SMILES string of the molecule is Cc1ccc(C(=N)N)c(OCc2ccccc2)c1C#N.Cl. The minimum Gasteiger partial charge on any atom is -0.487 e. The number of hydrogen-bond acceptors (Lipinski definition) is 3. The first-order valence-corrected chi connectivity index (χ1v) is 6.18. The van der Waals surface area contributed by atoms with E-state index in [4.69, 9.17) is 15.9 Å². The van der Waals surface area contributed by atoms with E-state index in [-0.39, 0.29) is 18.2 Å². The van der Waals surface area contributed by atoms with Crippen molar-refractivity contribution in [2.75, 3.05) is 0 Å². The van der Waals surface area contributed by atoms with Crippen molar-refractivity contribution in [1.29, 1.82) is 10.7 Å². The summed E-state index contributed by atoms with van der Waals surface area (Å²) >= 11 is 0. The van der Waals surface area contributed by atoms with E-state index in [1.54, 1.807) is 12.1 Å². The molecule has 21 heavy (non-hydrogen) atoms. The van der Waals surface area contributed by atoms with Crippen LogP contribution in [-0.4, -0.2) is 5.84 Å². The number of nitrogens with two attached hydrogens (primary N) is 1. The van der Waals surface area contributed by atoms with Crippen molar-refractivity contribution in [2.24, 2.45) is 5.73 Å². The summed E-state index contributed by atoms with van der Waals surface area (Å²) in [4.78, 5) is 0. The Labute approximate surface area is 130 Å². The van der Waals surface area contributed by atoms with E-state index in [1.807, 2.05) is 37.3 Å². The molecule has 5 heteroatoms. The maximum Gasteiger partial charge on any atom is 0.148 e. The molecule has 0 bridgehead atoms. The largest absolute Gasteiger partial charge is 0.487 e. The van der Waals surface area contributed by atoms with E-state index < -0.39 is 0 Å². The molecule has 4 nitrogen and oxygen atoms in total. The molecule has 3 N–H and O–H groups in total. The van der Waals surface area contributed by atoms with Crippen LogP contribution in [0.1, 0.15) is 22.3 Å². The van der Waals surface area contributed by atoms with Crippen molar-refractivity contribution in [3.05, 3.63) is 64.7 Å². The Morgan fingerprint density at radius 1 is 1.24 bits per heavy atom. The fourth-order valence-electron chi connectivity index (χ4n) is 1.91. The molecular formula is C16H16ClN3O. The Hall–Kier alpha value is -2.51. The van der Waals surface area contributed by atoms with Crippen molar-refractivity contribution in [3.8, 4) is 11.8 Å². The highest BCUT2D eigenvalue weighted by atomic mass is 35.5. The van der Waals surface area contributed by atoms with Gasteiger partial charge in [-0.25, -0.2) is 0 Å². The Bertz CT molecular complexity index is 678. The first kappa shape index (κ1) is 16.5. The summed E-state index contributed by atoms with van der Waals surface area (Å²) in [7, 11) is 0. The van der Waals surface area contributed by atoms with Crippen LogP contribution < -0.4 is 10.5 Å². The molecule has 0 spiro atoms. The van der Waals surface area contributed by atoms with Crippen LogP contribution >= 0.6 is 12.4 Å². The smallest absolute Gasteiger partial charge is 0.148 e. The van der Waals surface area contributed by atoms with Crippen LogP contribution in [0.2, 0.25) is 0 Å². The van der Waals surface area contributed by atoms with Crippen LogP contribution in [0.15, 0.2) is 42.5 Å². The number of amidine groups is 1. The highest BCUT2D eigenvalue weighted by Gasteiger charge is 2.14. The maximum atomic E-state index is 9.26. The zero-order valence-corrected chi connectivity index (χ0v) is 12.4. The molecule has 0 aromatic heterocycles.